The smallest absolute Gasteiger partial charge is 0.241 e. The number of likely N-dealkylation sites (N-methyl/N-ethyl adjacent to an activating group) is 1. The number of benzene rings is 1. The van der Waals surface area contributed by atoms with Crippen LogP contribution in [0.3, 0.4) is 0 Å². The van der Waals surface area contributed by atoms with Crippen LogP contribution in [0, 0.1) is 5.82 Å². The van der Waals surface area contributed by atoms with Crippen molar-refractivity contribution in [3.05, 3.63) is 48.4 Å². The van der Waals surface area contributed by atoms with Gasteiger partial charge < -0.3 is 15.5 Å². The van der Waals surface area contributed by atoms with Crippen molar-refractivity contribution in [2.24, 2.45) is 5.73 Å². The number of halogens is 1. The molecule has 0 aliphatic carbocycles. The van der Waals surface area contributed by atoms with E-state index in [2.05, 4.69) is 15.1 Å². The maximum atomic E-state index is 13.3. The predicted octanol–water partition coefficient (Wildman–Crippen LogP) is 1.42. The molecule has 1 fully saturated rings. The van der Waals surface area contributed by atoms with Gasteiger partial charge in [-0.05, 0) is 56.3 Å². The van der Waals surface area contributed by atoms with Crippen molar-refractivity contribution in [2.45, 2.75) is 25.3 Å². The highest BCUT2D eigenvalue weighted by Crippen LogP contribution is 2.23. The molecule has 1 saturated heterocycles. The number of rotatable bonds is 9. The Hall–Kier alpha value is -3.07. The number of carbonyl (C=O) groups is 2. The van der Waals surface area contributed by atoms with Crippen LogP contribution in [-0.2, 0) is 9.59 Å². The summed E-state index contributed by atoms with van der Waals surface area (Å²) in [6.45, 7) is 1.92. The van der Waals surface area contributed by atoms with E-state index in [9.17, 15) is 14.0 Å². The lowest BCUT2D eigenvalue weighted by Crippen LogP contribution is -2.45. The summed E-state index contributed by atoms with van der Waals surface area (Å²) in [5.41, 5.74) is 5.80. The Labute approximate surface area is 175 Å². The normalized spacial score (nSPS) is 16.1. The van der Waals surface area contributed by atoms with E-state index in [-0.39, 0.29) is 37.3 Å². The van der Waals surface area contributed by atoms with Crippen LogP contribution in [0.5, 0.6) is 0 Å². The van der Waals surface area contributed by atoms with Crippen LogP contribution in [0.4, 0.5) is 15.9 Å². The zero-order valence-corrected chi connectivity index (χ0v) is 17.1. The van der Waals surface area contributed by atoms with Gasteiger partial charge in [0.1, 0.15) is 5.82 Å². The zero-order chi connectivity index (χ0) is 21.5. The summed E-state index contributed by atoms with van der Waals surface area (Å²) in [7, 11) is 1.89. The van der Waals surface area contributed by atoms with E-state index in [0.717, 1.165) is 25.2 Å². The molecule has 9 heteroatoms. The Balaban J connectivity index is 1.64. The molecule has 2 aromatic rings. The first-order valence-corrected chi connectivity index (χ1v) is 10.0. The fourth-order valence-corrected chi connectivity index (χ4v) is 3.76. The maximum Gasteiger partial charge on any atom is 0.241 e. The highest BCUT2D eigenvalue weighted by atomic mass is 19.1. The van der Waals surface area contributed by atoms with E-state index in [4.69, 9.17) is 5.73 Å². The van der Waals surface area contributed by atoms with Crippen molar-refractivity contribution < 1.29 is 14.0 Å². The number of anilines is 2. The molecule has 0 radical (unpaired) electrons. The molecule has 0 spiro atoms. The quantitative estimate of drug-likeness (QED) is 0.667. The van der Waals surface area contributed by atoms with Crippen molar-refractivity contribution >= 4 is 23.3 Å². The number of hydrogen-bond acceptors (Lipinski definition) is 6. The van der Waals surface area contributed by atoms with Crippen LogP contribution >= 0.6 is 0 Å². The molecular formula is C21H27FN6O2. The summed E-state index contributed by atoms with van der Waals surface area (Å²) in [6.07, 6.45) is 3.76. The molecule has 1 aromatic carbocycles. The number of hydrogen-bond donors (Lipinski definition) is 1. The summed E-state index contributed by atoms with van der Waals surface area (Å²) in [4.78, 5) is 29.9. The maximum absolute atomic E-state index is 13.3. The molecule has 2 amide bonds. The Morgan fingerprint density at radius 3 is 2.70 bits per heavy atom. The first-order chi connectivity index (χ1) is 14.4. The average molecular weight is 414 g/mol. The number of amides is 2. The van der Waals surface area contributed by atoms with E-state index in [1.54, 1.807) is 6.20 Å². The minimum Gasteiger partial charge on any atom is -0.370 e. The van der Waals surface area contributed by atoms with Gasteiger partial charge in [-0.2, -0.15) is 5.10 Å². The van der Waals surface area contributed by atoms with Crippen molar-refractivity contribution in [2.75, 3.05) is 43.0 Å². The number of aromatic nitrogens is 2. The van der Waals surface area contributed by atoms with E-state index in [1.807, 2.05) is 24.1 Å². The van der Waals surface area contributed by atoms with Crippen LogP contribution in [-0.4, -0.2) is 66.2 Å². The lowest BCUT2D eigenvalue weighted by Gasteiger charge is -2.30. The molecule has 8 nitrogen and oxygen atoms in total. The minimum absolute atomic E-state index is 0.0376. The second-order valence-corrected chi connectivity index (χ2v) is 7.51. The predicted molar refractivity (Wildman–Crippen MR) is 112 cm³/mol. The van der Waals surface area contributed by atoms with E-state index < -0.39 is 5.91 Å². The number of primary amides is 1. The molecule has 0 saturated carbocycles. The van der Waals surface area contributed by atoms with Gasteiger partial charge in [-0.3, -0.25) is 14.5 Å². The molecule has 1 aliphatic heterocycles. The average Bonchev–Trinajstić information content (AvgIpc) is 3.17. The van der Waals surface area contributed by atoms with Gasteiger partial charge in [-0.25, -0.2) is 4.39 Å². The lowest BCUT2D eigenvalue weighted by atomic mass is 10.2. The number of nitrogens with zero attached hydrogens (tertiary/aromatic N) is 5. The third kappa shape index (κ3) is 5.73. The van der Waals surface area contributed by atoms with Crippen LogP contribution in [0.1, 0.15) is 19.3 Å². The van der Waals surface area contributed by atoms with Crippen molar-refractivity contribution in [3.63, 3.8) is 0 Å². The largest absolute Gasteiger partial charge is 0.370 e. The van der Waals surface area contributed by atoms with E-state index in [0.29, 0.717) is 12.2 Å². The summed E-state index contributed by atoms with van der Waals surface area (Å²) in [5, 5.41) is 8.16. The second-order valence-electron chi connectivity index (χ2n) is 7.51. The number of nitrogens with two attached hydrogens (primary N) is 1. The van der Waals surface area contributed by atoms with Gasteiger partial charge in [0.15, 0.2) is 5.82 Å². The van der Waals surface area contributed by atoms with Crippen LogP contribution in [0.2, 0.25) is 0 Å². The molecule has 2 heterocycles. The first kappa shape index (κ1) is 21.6. The molecule has 160 valence electrons. The Bertz CT molecular complexity index is 848. The third-order valence-electron chi connectivity index (χ3n) is 5.18. The van der Waals surface area contributed by atoms with Gasteiger partial charge in [-0.15, -0.1) is 5.10 Å². The zero-order valence-electron chi connectivity index (χ0n) is 17.1. The highest BCUT2D eigenvalue weighted by Gasteiger charge is 2.28. The van der Waals surface area contributed by atoms with Crippen LogP contribution in [0.15, 0.2) is 42.6 Å². The molecule has 0 bridgehead atoms. The van der Waals surface area contributed by atoms with Crippen molar-refractivity contribution in [3.8, 4) is 0 Å². The molecule has 30 heavy (non-hydrogen) atoms. The molecule has 1 unspecified atom stereocenters. The number of carbonyl (C=O) groups excluding carboxylic acids is 2. The SMILES string of the molecule is CN(CC(=O)N(CCC(N)=O)c1ccc(F)cc1)CC1CCCN1c1cccnn1. The first-order valence-electron chi connectivity index (χ1n) is 10.0. The standard InChI is InChI=1S/C21H27FN6O2/c1-26(14-18-4-3-12-27(18)20-5-2-11-24-25-20)15-21(30)28(13-10-19(23)29)17-8-6-16(22)7-9-17/h2,5-9,11,18H,3-4,10,12-15H2,1H3,(H2,23,29). The Morgan fingerprint density at radius 1 is 1.27 bits per heavy atom. The molecule has 3 rings (SSSR count). The fraction of sp³-hybridized carbons (Fsp3) is 0.429. The summed E-state index contributed by atoms with van der Waals surface area (Å²) in [5.74, 6) is -0.208. The Morgan fingerprint density at radius 2 is 2.03 bits per heavy atom. The molecule has 2 N–H and O–H groups in total. The van der Waals surface area contributed by atoms with Crippen LogP contribution < -0.4 is 15.5 Å². The molecule has 1 atom stereocenters. The summed E-state index contributed by atoms with van der Waals surface area (Å²) >= 11 is 0. The third-order valence-corrected chi connectivity index (χ3v) is 5.18. The van der Waals surface area contributed by atoms with Gasteiger partial charge in [0.05, 0.1) is 6.54 Å². The van der Waals surface area contributed by atoms with E-state index in [1.165, 1.54) is 29.2 Å². The summed E-state index contributed by atoms with van der Waals surface area (Å²) < 4.78 is 13.3. The fourth-order valence-electron chi connectivity index (χ4n) is 3.76. The van der Waals surface area contributed by atoms with E-state index >= 15 is 0 Å². The van der Waals surface area contributed by atoms with Gasteiger partial charge in [-0.1, -0.05) is 0 Å². The summed E-state index contributed by atoms with van der Waals surface area (Å²) in [6, 6.07) is 9.69. The van der Waals surface area contributed by atoms with Gasteiger partial charge in [0.2, 0.25) is 11.8 Å². The monoisotopic (exact) mass is 414 g/mol. The molecule has 1 aliphatic rings. The highest BCUT2D eigenvalue weighted by molar-refractivity contribution is 5.95. The lowest BCUT2D eigenvalue weighted by molar-refractivity contribution is -0.119. The van der Waals surface area contributed by atoms with Crippen molar-refractivity contribution in [1.29, 1.82) is 0 Å². The molecular weight excluding hydrogens is 387 g/mol. The van der Waals surface area contributed by atoms with Crippen molar-refractivity contribution in [1.82, 2.24) is 15.1 Å². The van der Waals surface area contributed by atoms with Crippen LogP contribution in [0.25, 0.3) is 0 Å². The minimum atomic E-state index is -0.492. The van der Waals surface area contributed by atoms with Gasteiger partial charge >= 0.3 is 0 Å². The second kappa shape index (κ2) is 10.1. The Kier molecular flexibility index (Phi) is 7.29. The topological polar surface area (TPSA) is 95.7 Å². The van der Waals surface area contributed by atoms with Gasteiger partial charge in [0.25, 0.3) is 0 Å². The van der Waals surface area contributed by atoms with Gasteiger partial charge in [0, 0.05) is 44.0 Å². The molecule has 1 aromatic heterocycles.